The number of benzene rings is 1. The van der Waals surface area contributed by atoms with Crippen LogP contribution in [0.25, 0.3) is 6.08 Å². The van der Waals surface area contributed by atoms with E-state index in [1.54, 1.807) is 17.0 Å². The van der Waals surface area contributed by atoms with Crippen LogP contribution in [0.1, 0.15) is 52.0 Å². The van der Waals surface area contributed by atoms with E-state index in [9.17, 15) is 13.2 Å². The molecule has 0 radical (unpaired) electrons. The van der Waals surface area contributed by atoms with E-state index in [2.05, 4.69) is 6.08 Å². The lowest BCUT2D eigenvalue weighted by molar-refractivity contribution is 0.0237. The molecule has 6 nitrogen and oxygen atoms in total. The summed E-state index contributed by atoms with van der Waals surface area (Å²) >= 11 is 0. The number of sulfone groups is 1. The van der Waals surface area contributed by atoms with Gasteiger partial charge >= 0.3 is 6.09 Å². The smallest absolute Gasteiger partial charge is 0.410 e. The van der Waals surface area contributed by atoms with Crippen LogP contribution in [0.4, 0.5) is 4.79 Å². The molecule has 1 aromatic rings. The van der Waals surface area contributed by atoms with Crippen molar-refractivity contribution in [3.8, 4) is 0 Å². The normalized spacial score (nSPS) is 19.1. The van der Waals surface area contributed by atoms with Gasteiger partial charge < -0.3 is 14.4 Å². The fourth-order valence-corrected chi connectivity index (χ4v) is 5.33. The molecule has 2 fully saturated rings. The molecule has 0 aliphatic carbocycles. The maximum absolute atomic E-state index is 12.8. The highest BCUT2D eigenvalue weighted by molar-refractivity contribution is 7.92. The van der Waals surface area contributed by atoms with Gasteiger partial charge in [0.1, 0.15) is 5.60 Å². The second-order valence-electron chi connectivity index (χ2n) is 8.70. The van der Waals surface area contributed by atoms with Crippen LogP contribution >= 0.6 is 0 Å². The average Bonchev–Trinajstić information content (AvgIpc) is 2.68. The van der Waals surface area contributed by atoms with E-state index in [1.165, 1.54) is 5.57 Å². The number of nitrogens with zero attached hydrogens (tertiary/aromatic N) is 1. The van der Waals surface area contributed by atoms with Gasteiger partial charge in [0, 0.05) is 26.3 Å². The predicted octanol–water partition coefficient (Wildman–Crippen LogP) is 4.05. The van der Waals surface area contributed by atoms with Gasteiger partial charge in [0.25, 0.3) is 0 Å². The number of ether oxygens (including phenoxy) is 2. The SMILES string of the molecule is CC(C)(C)OC(=O)N1CCC(=Cc2ccc(S(=O)(=O)C3CCOCC3)cc2)CC1. The Hall–Kier alpha value is -1.86. The van der Waals surface area contributed by atoms with Crippen molar-refractivity contribution in [2.24, 2.45) is 0 Å². The van der Waals surface area contributed by atoms with E-state index in [0.29, 0.717) is 44.0 Å². The number of carbonyl (C=O) groups is 1. The second-order valence-corrected chi connectivity index (χ2v) is 10.9. The summed E-state index contributed by atoms with van der Waals surface area (Å²) in [4.78, 5) is 14.3. The van der Waals surface area contributed by atoms with E-state index >= 15 is 0 Å². The van der Waals surface area contributed by atoms with Crippen LogP contribution in [-0.4, -0.2) is 56.6 Å². The molecule has 2 saturated heterocycles. The standard InChI is InChI=1S/C22H31NO5S/c1-22(2,3)28-21(24)23-12-8-18(9-13-23)16-17-4-6-19(7-5-17)29(25,26)20-10-14-27-15-11-20/h4-7,16,20H,8-15H2,1-3H3. The molecule has 0 saturated carbocycles. The van der Waals surface area contributed by atoms with Gasteiger partial charge in [-0.15, -0.1) is 0 Å². The number of hydrogen-bond donors (Lipinski definition) is 0. The molecule has 0 spiro atoms. The van der Waals surface area contributed by atoms with Crippen LogP contribution in [0, 0.1) is 0 Å². The molecule has 1 aromatic carbocycles. The van der Waals surface area contributed by atoms with E-state index < -0.39 is 15.4 Å². The summed E-state index contributed by atoms with van der Waals surface area (Å²) in [6.45, 7) is 7.89. The molecule has 0 bridgehead atoms. The van der Waals surface area contributed by atoms with Gasteiger partial charge in [0.05, 0.1) is 10.1 Å². The van der Waals surface area contributed by atoms with E-state index in [4.69, 9.17) is 9.47 Å². The van der Waals surface area contributed by atoms with Gasteiger partial charge in [-0.3, -0.25) is 0 Å². The van der Waals surface area contributed by atoms with Crippen LogP contribution in [0.15, 0.2) is 34.7 Å². The Balaban J connectivity index is 1.60. The molecule has 0 atom stereocenters. The van der Waals surface area contributed by atoms with E-state index in [0.717, 1.165) is 18.4 Å². The molecule has 1 amide bonds. The molecule has 0 unspecified atom stereocenters. The van der Waals surface area contributed by atoms with Crippen LogP contribution in [0.3, 0.4) is 0 Å². The Kier molecular flexibility index (Phi) is 6.69. The summed E-state index contributed by atoms with van der Waals surface area (Å²) in [5.41, 5.74) is 1.75. The van der Waals surface area contributed by atoms with Crippen molar-refractivity contribution in [3.05, 3.63) is 35.4 Å². The largest absolute Gasteiger partial charge is 0.444 e. The molecular formula is C22H31NO5S. The minimum absolute atomic E-state index is 0.265. The van der Waals surface area contributed by atoms with Crippen molar-refractivity contribution >= 4 is 22.0 Å². The molecule has 0 aromatic heterocycles. The van der Waals surface area contributed by atoms with Gasteiger partial charge in [-0.25, -0.2) is 13.2 Å². The lowest BCUT2D eigenvalue weighted by Crippen LogP contribution is -2.40. The first kappa shape index (κ1) is 21.8. The highest BCUT2D eigenvalue weighted by Crippen LogP contribution is 2.25. The van der Waals surface area contributed by atoms with E-state index in [1.807, 2.05) is 32.9 Å². The maximum atomic E-state index is 12.8. The highest BCUT2D eigenvalue weighted by Gasteiger charge is 2.29. The minimum atomic E-state index is -3.30. The molecule has 2 heterocycles. The highest BCUT2D eigenvalue weighted by atomic mass is 32.2. The van der Waals surface area contributed by atoms with Gasteiger partial charge in [0.2, 0.25) is 0 Å². The fourth-order valence-electron chi connectivity index (χ4n) is 3.62. The Bertz CT molecular complexity index is 836. The Morgan fingerprint density at radius 2 is 1.69 bits per heavy atom. The number of amides is 1. The Morgan fingerprint density at radius 3 is 2.24 bits per heavy atom. The van der Waals surface area contributed by atoms with Crippen molar-refractivity contribution in [3.63, 3.8) is 0 Å². The third kappa shape index (κ3) is 5.82. The van der Waals surface area contributed by atoms with Crippen LogP contribution < -0.4 is 0 Å². The molecule has 2 aliphatic heterocycles. The summed E-state index contributed by atoms with van der Waals surface area (Å²) in [7, 11) is -3.30. The summed E-state index contributed by atoms with van der Waals surface area (Å²) in [6, 6.07) is 7.12. The summed E-state index contributed by atoms with van der Waals surface area (Å²) in [6.07, 6.45) is 4.53. The number of carbonyl (C=O) groups excluding carboxylic acids is 1. The quantitative estimate of drug-likeness (QED) is 0.736. The first-order valence-corrected chi connectivity index (χ1v) is 11.8. The van der Waals surface area contributed by atoms with E-state index in [-0.39, 0.29) is 11.3 Å². The topological polar surface area (TPSA) is 72.9 Å². The molecule has 0 N–H and O–H groups in total. The van der Waals surface area contributed by atoms with Gasteiger partial charge in [-0.2, -0.15) is 0 Å². The molecule has 29 heavy (non-hydrogen) atoms. The molecule has 2 aliphatic rings. The third-order valence-corrected chi connectivity index (χ3v) is 7.52. The number of rotatable bonds is 3. The van der Waals surface area contributed by atoms with Crippen molar-refractivity contribution in [1.29, 1.82) is 0 Å². The number of likely N-dealkylation sites (tertiary alicyclic amines) is 1. The van der Waals surface area contributed by atoms with Crippen molar-refractivity contribution in [1.82, 2.24) is 4.90 Å². The third-order valence-electron chi connectivity index (χ3n) is 5.24. The zero-order valence-corrected chi connectivity index (χ0v) is 18.3. The average molecular weight is 422 g/mol. The predicted molar refractivity (Wildman–Crippen MR) is 112 cm³/mol. The Morgan fingerprint density at radius 1 is 1.10 bits per heavy atom. The van der Waals surface area contributed by atoms with Crippen molar-refractivity contribution < 1.29 is 22.7 Å². The van der Waals surface area contributed by atoms with Gasteiger partial charge in [0.15, 0.2) is 9.84 Å². The second kappa shape index (κ2) is 8.88. The lowest BCUT2D eigenvalue weighted by atomic mass is 10.0. The molecule has 160 valence electrons. The minimum Gasteiger partial charge on any atom is -0.444 e. The Labute approximate surface area is 173 Å². The maximum Gasteiger partial charge on any atom is 0.410 e. The summed E-state index contributed by atoms with van der Waals surface area (Å²) in [5, 5.41) is -0.349. The first-order valence-electron chi connectivity index (χ1n) is 10.2. The van der Waals surface area contributed by atoms with Crippen molar-refractivity contribution in [2.75, 3.05) is 26.3 Å². The zero-order valence-electron chi connectivity index (χ0n) is 17.5. The van der Waals surface area contributed by atoms with Crippen LogP contribution in [-0.2, 0) is 19.3 Å². The van der Waals surface area contributed by atoms with Gasteiger partial charge in [-0.1, -0.05) is 23.8 Å². The monoisotopic (exact) mass is 421 g/mol. The fraction of sp³-hybridized carbons (Fsp3) is 0.591. The van der Waals surface area contributed by atoms with Gasteiger partial charge in [-0.05, 0) is 64.2 Å². The lowest BCUT2D eigenvalue weighted by Gasteiger charge is -2.31. The molecular weight excluding hydrogens is 390 g/mol. The number of piperidine rings is 1. The van der Waals surface area contributed by atoms with Crippen molar-refractivity contribution in [2.45, 2.75) is 62.2 Å². The molecule has 3 rings (SSSR count). The summed E-state index contributed by atoms with van der Waals surface area (Å²) < 4.78 is 36.2. The molecule has 7 heteroatoms. The number of hydrogen-bond acceptors (Lipinski definition) is 5. The van der Waals surface area contributed by atoms with Crippen LogP contribution in [0.2, 0.25) is 0 Å². The van der Waals surface area contributed by atoms with Crippen LogP contribution in [0.5, 0.6) is 0 Å². The first-order chi connectivity index (χ1) is 13.6. The summed E-state index contributed by atoms with van der Waals surface area (Å²) in [5.74, 6) is 0. The zero-order chi connectivity index (χ0) is 21.1.